The zero-order chi connectivity index (χ0) is 15.7. The molecule has 5 nitrogen and oxygen atoms in total. The van der Waals surface area contributed by atoms with Crippen molar-refractivity contribution in [2.24, 2.45) is 5.92 Å². The number of nitrogens with two attached hydrogens (primary N) is 1. The van der Waals surface area contributed by atoms with Crippen LogP contribution in [0.1, 0.15) is 38.2 Å². The number of hydrogen-bond donors (Lipinski definition) is 3. The van der Waals surface area contributed by atoms with Gasteiger partial charge in [0.05, 0.1) is 0 Å². The standard InChI is InChI=1S/C16H24N2O3/c1-12(5-8-16(20)21)9-10-18-15(19)7-6-13-3-2-4-14(17)11-13/h2-4,11-12H,5-10,17H2,1H3,(H,18,19)(H,20,21). The van der Waals surface area contributed by atoms with Gasteiger partial charge in [-0.25, -0.2) is 0 Å². The first-order valence-electron chi connectivity index (χ1n) is 7.30. The topological polar surface area (TPSA) is 92.4 Å². The summed E-state index contributed by atoms with van der Waals surface area (Å²) < 4.78 is 0. The van der Waals surface area contributed by atoms with E-state index < -0.39 is 5.97 Å². The fraction of sp³-hybridized carbons (Fsp3) is 0.500. The number of hydrogen-bond acceptors (Lipinski definition) is 3. The maximum absolute atomic E-state index is 11.7. The molecule has 0 spiro atoms. The molecule has 0 saturated heterocycles. The Morgan fingerprint density at radius 3 is 2.71 bits per heavy atom. The molecule has 1 amide bonds. The third-order valence-corrected chi connectivity index (χ3v) is 3.40. The first-order chi connectivity index (χ1) is 9.97. The van der Waals surface area contributed by atoms with Gasteiger partial charge < -0.3 is 16.2 Å². The van der Waals surface area contributed by atoms with E-state index in [-0.39, 0.29) is 12.3 Å². The monoisotopic (exact) mass is 292 g/mol. The summed E-state index contributed by atoms with van der Waals surface area (Å²) in [5, 5.41) is 11.5. The number of aliphatic carboxylic acids is 1. The largest absolute Gasteiger partial charge is 0.481 e. The molecule has 4 N–H and O–H groups in total. The summed E-state index contributed by atoms with van der Waals surface area (Å²) in [6, 6.07) is 7.54. The minimum Gasteiger partial charge on any atom is -0.481 e. The van der Waals surface area contributed by atoms with Crippen LogP contribution in [0.3, 0.4) is 0 Å². The minimum atomic E-state index is -0.770. The number of amides is 1. The number of carbonyl (C=O) groups is 2. The molecule has 21 heavy (non-hydrogen) atoms. The number of nitrogens with one attached hydrogen (secondary N) is 1. The molecule has 0 aliphatic rings. The van der Waals surface area contributed by atoms with E-state index in [0.717, 1.165) is 12.0 Å². The number of nitrogen functional groups attached to an aromatic ring is 1. The Labute approximate surface area is 125 Å². The predicted octanol–water partition coefficient (Wildman–Crippen LogP) is 2.21. The zero-order valence-electron chi connectivity index (χ0n) is 12.5. The van der Waals surface area contributed by atoms with Crippen molar-refractivity contribution in [2.45, 2.75) is 39.0 Å². The number of rotatable bonds is 9. The van der Waals surface area contributed by atoms with Crippen LogP contribution in [0.15, 0.2) is 24.3 Å². The summed E-state index contributed by atoms with van der Waals surface area (Å²) in [7, 11) is 0. The van der Waals surface area contributed by atoms with Crippen LogP contribution in [0.5, 0.6) is 0 Å². The number of anilines is 1. The molecule has 1 rings (SSSR count). The van der Waals surface area contributed by atoms with Crippen molar-refractivity contribution in [2.75, 3.05) is 12.3 Å². The van der Waals surface area contributed by atoms with Crippen LogP contribution in [-0.2, 0) is 16.0 Å². The van der Waals surface area contributed by atoms with E-state index in [2.05, 4.69) is 5.32 Å². The Balaban J connectivity index is 2.15. The lowest BCUT2D eigenvalue weighted by Crippen LogP contribution is -2.25. The Bertz CT molecular complexity index is 474. The summed E-state index contributed by atoms with van der Waals surface area (Å²) >= 11 is 0. The van der Waals surface area contributed by atoms with Crippen molar-refractivity contribution in [3.63, 3.8) is 0 Å². The number of carboxylic acid groups (broad SMARTS) is 1. The first kappa shape index (κ1) is 17.0. The van der Waals surface area contributed by atoms with E-state index in [0.29, 0.717) is 37.4 Å². The molecule has 0 radical (unpaired) electrons. The van der Waals surface area contributed by atoms with Crippen molar-refractivity contribution < 1.29 is 14.7 Å². The lowest BCUT2D eigenvalue weighted by Gasteiger charge is -2.11. The number of benzene rings is 1. The summed E-state index contributed by atoms with van der Waals surface area (Å²) in [4.78, 5) is 22.2. The van der Waals surface area contributed by atoms with E-state index in [9.17, 15) is 9.59 Å². The Kier molecular flexibility index (Phi) is 7.29. The molecule has 5 heteroatoms. The second-order valence-electron chi connectivity index (χ2n) is 5.42. The average Bonchev–Trinajstić information content (AvgIpc) is 2.43. The Hall–Kier alpha value is -2.04. The quantitative estimate of drug-likeness (QED) is 0.608. The highest BCUT2D eigenvalue weighted by molar-refractivity contribution is 5.76. The fourth-order valence-electron chi connectivity index (χ4n) is 2.07. The second kappa shape index (κ2) is 9.00. The van der Waals surface area contributed by atoms with Crippen LogP contribution < -0.4 is 11.1 Å². The van der Waals surface area contributed by atoms with Crippen molar-refractivity contribution in [3.8, 4) is 0 Å². The summed E-state index contributed by atoms with van der Waals surface area (Å²) in [5.74, 6) is -0.453. The van der Waals surface area contributed by atoms with E-state index in [4.69, 9.17) is 10.8 Å². The van der Waals surface area contributed by atoms with Gasteiger partial charge in [0.2, 0.25) is 5.91 Å². The van der Waals surface area contributed by atoms with Crippen LogP contribution in [0, 0.1) is 5.92 Å². The highest BCUT2D eigenvalue weighted by atomic mass is 16.4. The zero-order valence-corrected chi connectivity index (χ0v) is 12.5. The molecule has 1 aromatic carbocycles. The van der Waals surface area contributed by atoms with Gasteiger partial charge in [-0.1, -0.05) is 19.1 Å². The number of carbonyl (C=O) groups excluding carboxylic acids is 1. The predicted molar refractivity (Wildman–Crippen MR) is 82.8 cm³/mol. The molecule has 1 aromatic rings. The van der Waals surface area contributed by atoms with Crippen LogP contribution in [0.2, 0.25) is 0 Å². The van der Waals surface area contributed by atoms with Gasteiger partial charge in [-0.3, -0.25) is 9.59 Å². The SMILES string of the molecule is CC(CCNC(=O)CCc1cccc(N)c1)CCC(=O)O. The Morgan fingerprint density at radius 1 is 1.29 bits per heavy atom. The van der Waals surface area contributed by atoms with E-state index in [1.54, 1.807) is 0 Å². The van der Waals surface area contributed by atoms with Crippen molar-refractivity contribution in [1.29, 1.82) is 0 Å². The van der Waals surface area contributed by atoms with Crippen LogP contribution in [0.25, 0.3) is 0 Å². The van der Waals surface area contributed by atoms with Crippen LogP contribution in [0.4, 0.5) is 5.69 Å². The normalized spacial score (nSPS) is 11.9. The van der Waals surface area contributed by atoms with Crippen LogP contribution >= 0.6 is 0 Å². The van der Waals surface area contributed by atoms with E-state index >= 15 is 0 Å². The van der Waals surface area contributed by atoms with Gasteiger partial charge >= 0.3 is 5.97 Å². The van der Waals surface area contributed by atoms with Gasteiger partial charge in [0.1, 0.15) is 0 Å². The van der Waals surface area contributed by atoms with E-state index in [1.807, 2.05) is 31.2 Å². The first-order valence-corrected chi connectivity index (χ1v) is 7.30. The van der Waals surface area contributed by atoms with Gasteiger partial charge in [0.25, 0.3) is 0 Å². The van der Waals surface area contributed by atoms with Gasteiger partial charge in [-0.2, -0.15) is 0 Å². The van der Waals surface area contributed by atoms with Crippen LogP contribution in [-0.4, -0.2) is 23.5 Å². The third kappa shape index (κ3) is 7.97. The molecule has 116 valence electrons. The molecule has 0 aliphatic heterocycles. The third-order valence-electron chi connectivity index (χ3n) is 3.40. The number of aryl methyl sites for hydroxylation is 1. The highest BCUT2D eigenvalue weighted by Gasteiger charge is 2.07. The maximum Gasteiger partial charge on any atom is 0.303 e. The molecule has 0 heterocycles. The highest BCUT2D eigenvalue weighted by Crippen LogP contribution is 2.10. The van der Waals surface area contributed by atoms with Gasteiger partial charge in [-0.15, -0.1) is 0 Å². The molecule has 0 fully saturated rings. The fourth-order valence-corrected chi connectivity index (χ4v) is 2.07. The summed E-state index contributed by atoms with van der Waals surface area (Å²) in [6.07, 6.45) is 2.74. The summed E-state index contributed by atoms with van der Waals surface area (Å²) in [5.41, 5.74) is 7.45. The van der Waals surface area contributed by atoms with Gasteiger partial charge in [-0.05, 0) is 42.9 Å². The molecule has 1 atom stereocenters. The molecule has 0 saturated carbocycles. The lowest BCUT2D eigenvalue weighted by molar-refractivity contribution is -0.137. The molecular formula is C16H24N2O3. The number of carboxylic acids is 1. The Morgan fingerprint density at radius 2 is 2.05 bits per heavy atom. The van der Waals surface area contributed by atoms with Crippen molar-refractivity contribution >= 4 is 17.6 Å². The van der Waals surface area contributed by atoms with Gasteiger partial charge in [0.15, 0.2) is 0 Å². The van der Waals surface area contributed by atoms with E-state index in [1.165, 1.54) is 0 Å². The molecule has 0 aromatic heterocycles. The van der Waals surface area contributed by atoms with Gasteiger partial charge in [0, 0.05) is 25.1 Å². The second-order valence-corrected chi connectivity index (χ2v) is 5.42. The average molecular weight is 292 g/mol. The minimum absolute atomic E-state index is 0.0165. The molecule has 0 aliphatic carbocycles. The molecule has 0 bridgehead atoms. The maximum atomic E-state index is 11.7. The van der Waals surface area contributed by atoms with Crippen molar-refractivity contribution in [3.05, 3.63) is 29.8 Å². The molecule has 1 unspecified atom stereocenters. The smallest absolute Gasteiger partial charge is 0.303 e. The molecular weight excluding hydrogens is 268 g/mol. The van der Waals surface area contributed by atoms with Crippen molar-refractivity contribution in [1.82, 2.24) is 5.32 Å². The summed E-state index contributed by atoms with van der Waals surface area (Å²) in [6.45, 7) is 2.60. The lowest BCUT2D eigenvalue weighted by atomic mass is 10.0.